The highest BCUT2D eigenvalue weighted by Gasteiger charge is 2.42. The van der Waals surface area contributed by atoms with Crippen LogP contribution in [0, 0.1) is 11.8 Å². The molecule has 3 rings (SSSR count). The van der Waals surface area contributed by atoms with E-state index < -0.39 is 0 Å². The van der Waals surface area contributed by atoms with Crippen LogP contribution in [0.2, 0.25) is 0 Å². The van der Waals surface area contributed by atoms with Crippen LogP contribution in [0.1, 0.15) is 51.9 Å². The van der Waals surface area contributed by atoms with Crippen LogP contribution in [0.25, 0.3) is 0 Å². The fourth-order valence-electron chi connectivity index (χ4n) is 4.06. The van der Waals surface area contributed by atoms with E-state index in [0.29, 0.717) is 18.1 Å². The van der Waals surface area contributed by atoms with Gasteiger partial charge in [0.15, 0.2) is 0 Å². The summed E-state index contributed by atoms with van der Waals surface area (Å²) in [5.74, 6) is 1.39. The summed E-state index contributed by atoms with van der Waals surface area (Å²) in [4.78, 5) is 0. The molecular formula is C16H24O. The van der Waals surface area contributed by atoms with E-state index in [4.69, 9.17) is 4.74 Å². The van der Waals surface area contributed by atoms with Crippen molar-refractivity contribution in [2.24, 2.45) is 11.8 Å². The lowest BCUT2D eigenvalue weighted by atomic mass is 9.68. The molecule has 0 aromatic rings. The van der Waals surface area contributed by atoms with Gasteiger partial charge in [0, 0.05) is 11.8 Å². The van der Waals surface area contributed by atoms with Gasteiger partial charge in [-0.05, 0) is 39.0 Å². The van der Waals surface area contributed by atoms with Crippen LogP contribution < -0.4 is 0 Å². The molecule has 0 aromatic heterocycles. The van der Waals surface area contributed by atoms with Crippen LogP contribution in [0.5, 0.6) is 0 Å². The molecule has 0 N–H and O–H groups in total. The molecule has 1 nitrogen and oxygen atoms in total. The van der Waals surface area contributed by atoms with Gasteiger partial charge in [0.2, 0.25) is 0 Å². The van der Waals surface area contributed by atoms with Gasteiger partial charge in [-0.2, -0.15) is 0 Å². The summed E-state index contributed by atoms with van der Waals surface area (Å²) in [6, 6.07) is 0. The lowest BCUT2D eigenvalue weighted by Gasteiger charge is -2.47. The van der Waals surface area contributed by atoms with Gasteiger partial charge in [0.1, 0.15) is 0 Å². The highest BCUT2D eigenvalue weighted by molar-refractivity contribution is 5.24. The zero-order valence-corrected chi connectivity index (χ0v) is 11.0. The second-order valence-electron chi connectivity index (χ2n) is 6.07. The van der Waals surface area contributed by atoms with E-state index in [0.717, 1.165) is 5.92 Å². The van der Waals surface area contributed by atoms with E-state index in [-0.39, 0.29) is 0 Å². The van der Waals surface area contributed by atoms with Crippen molar-refractivity contribution in [1.82, 2.24) is 0 Å². The maximum absolute atomic E-state index is 6.38. The van der Waals surface area contributed by atoms with Crippen molar-refractivity contribution in [1.29, 1.82) is 0 Å². The Balaban J connectivity index is 1.90. The summed E-state index contributed by atoms with van der Waals surface area (Å²) in [6.07, 6.45) is 12.6. The Hall–Kier alpha value is -0.560. The molecule has 0 spiro atoms. The molecule has 1 saturated heterocycles. The Morgan fingerprint density at radius 3 is 2.76 bits per heavy atom. The highest BCUT2D eigenvalue weighted by atomic mass is 16.5. The lowest BCUT2D eigenvalue weighted by molar-refractivity contribution is -0.0871. The van der Waals surface area contributed by atoms with Gasteiger partial charge in [-0.1, -0.05) is 36.6 Å². The Bertz CT molecular complexity index is 341. The van der Waals surface area contributed by atoms with Crippen LogP contribution in [-0.2, 0) is 4.74 Å². The second kappa shape index (κ2) is 4.61. The van der Waals surface area contributed by atoms with Crippen LogP contribution in [0.4, 0.5) is 0 Å². The summed E-state index contributed by atoms with van der Waals surface area (Å²) >= 11 is 0. The van der Waals surface area contributed by atoms with E-state index in [1.165, 1.54) is 50.5 Å². The van der Waals surface area contributed by atoms with Crippen molar-refractivity contribution < 1.29 is 4.74 Å². The molecule has 0 aromatic carbocycles. The minimum atomic E-state index is 0.306. The van der Waals surface area contributed by atoms with E-state index in [1.54, 1.807) is 5.57 Å². The topological polar surface area (TPSA) is 9.23 Å². The molecule has 3 aliphatic rings. The summed E-state index contributed by atoms with van der Waals surface area (Å²) in [7, 11) is 0. The van der Waals surface area contributed by atoms with Gasteiger partial charge in [-0.15, -0.1) is 0 Å². The average molecular weight is 232 g/mol. The van der Waals surface area contributed by atoms with Gasteiger partial charge in [-0.25, -0.2) is 0 Å². The zero-order chi connectivity index (χ0) is 11.8. The van der Waals surface area contributed by atoms with E-state index in [9.17, 15) is 0 Å². The molecular weight excluding hydrogens is 208 g/mol. The number of rotatable bonds is 1. The van der Waals surface area contributed by atoms with Gasteiger partial charge < -0.3 is 4.74 Å². The standard InChI is InChI=1S/C16H24O/c1-11(2)16-14-9-4-3-7-12(14)13-8-5-6-10-15(13)17-16/h7,13-16H,1,3-6,8-10H2,2H3/t13-,14+,15+,16-/m0/s1. The molecule has 1 aliphatic heterocycles. The number of fused-ring (bicyclic) bond motifs is 3. The smallest absolute Gasteiger partial charge is 0.0849 e. The van der Waals surface area contributed by atoms with Crippen molar-refractivity contribution in [3.05, 3.63) is 23.8 Å². The van der Waals surface area contributed by atoms with E-state index in [1.807, 2.05) is 0 Å². The fraction of sp³-hybridized carbons (Fsp3) is 0.750. The zero-order valence-electron chi connectivity index (χ0n) is 11.0. The number of hydrogen-bond donors (Lipinski definition) is 0. The summed E-state index contributed by atoms with van der Waals surface area (Å²) in [5, 5.41) is 0. The van der Waals surface area contributed by atoms with Gasteiger partial charge in [-0.3, -0.25) is 0 Å². The summed E-state index contributed by atoms with van der Waals surface area (Å²) in [6.45, 7) is 6.29. The number of hydrogen-bond acceptors (Lipinski definition) is 1. The predicted octanol–water partition coefficient (Wildman–Crippen LogP) is 4.25. The quantitative estimate of drug-likeness (QED) is 0.614. The predicted molar refractivity (Wildman–Crippen MR) is 70.9 cm³/mol. The Morgan fingerprint density at radius 1 is 1.18 bits per heavy atom. The Morgan fingerprint density at radius 2 is 1.94 bits per heavy atom. The molecule has 2 aliphatic carbocycles. The molecule has 1 heterocycles. The van der Waals surface area contributed by atoms with Crippen LogP contribution in [0.15, 0.2) is 23.8 Å². The molecule has 0 unspecified atom stereocenters. The van der Waals surface area contributed by atoms with Gasteiger partial charge >= 0.3 is 0 Å². The molecule has 0 bridgehead atoms. The first kappa shape index (κ1) is 11.5. The first-order chi connectivity index (χ1) is 8.27. The van der Waals surface area contributed by atoms with Gasteiger partial charge in [0.25, 0.3) is 0 Å². The largest absolute Gasteiger partial charge is 0.369 e. The molecule has 2 fully saturated rings. The molecule has 4 atom stereocenters. The SMILES string of the molecule is C=C(C)[C@@H]1O[C@@H]2CCCC[C@H]2C2=CCCC[C@H]21. The van der Waals surface area contributed by atoms with Crippen LogP contribution >= 0.6 is 0 Å². The molecule has 94 valence electrons. The van der Waals surface area contributed by atoms with Gasteiger partial charge in [0.05, 0.1) is 12.2 Å². The molecule has 0 amide bonds. The van der Waals surface area contributed by atoms with Crippen molar-refractivity contribution in [2.45, 2.75) is 64.1 Å². The maximum Gasteiger partial charge on any atom is 0.0849 e. The average Bonchev–Trinajstić information content (AvgIpc) is 2.37. The third-order valence-electron chi connectivity index (χ3n) is 4.83. The Kier molecular flexibility index (Phi) is 3.12. The van der Waals surface area contributed by atoms with Crippen molar-refractivity contribution in [2.75, 3.05) is 0 Å². The molecule has 0 radical (unpaired) electrons. The molecule has 17 heavy (non-hydrogen) atoms. The van der Waals surface area contributed by atoms with E-state index >= 15 is 0 Å². The monoisotopic (exact) mass is 232 g/mol. The minimum Gasteiger partial charge on any atom is -0.369 e. The summed E-state index contributed by atoms with van der Waals surface area (Å²) in [5.41, 5.74) is 2.96. The third-order valence-corrected chi connectivity index (χ3v) is 4.83. The first-order valence-electron chi connectivity index (χ1n) is 7.28. The highest BCUT2D eigenvalue weighted by Crippen LogP contribution is 2.47. The number of ether oxygens (including phenoxy) is 1. The van der Waals surface area contributed by atoms with Crippen molar-refractivity contribution >= 4 is 0 Å². The second-order valence-corrected chi connectivity index (χ2v) is 6.07. The molecule has 1 heteroatoms. The number of allylic oxidation sites excluding steroid dienone is 1. The third kappa shape index (κ3) is 1.99. The lowest BCUT2D eigenvalue weighted by Crippen LogP contribution is -2.45. The maximum atomic E-state index is 6.38. The van der Waals surface area contributed by atoms with E-state index in [2.05, 4.69) is 19.6 Å². The first-order valence-corrected chi connectivity index (χ1v) is 7.28. The summed E-state index contributed by atoms with van der Waals surface area (Å²) < 4.78 is 6.38. The normalized spacial score (nSPS) is 41.1. The minimum absolute atomic E-state index is 0.306. The van der Waals surface area contributed by atoms with Crippen molar-refractivity contribution in [3.8, 4) is 0 Å². The Labute approximate surface area is 105 Å². The fourth-order valence-corrected chi connectivity index (χ4v) is 4.06. The van der Waals surface area contributed by atoms with Crippen LogP contribution in [-0.4, -0.2) is 12.2 Å². The van der Waals surface area contributed by atoms with Crippen LogP contribution in [0.3, 0.4) is 0 Å². The van der Waals surface area contributed by atoms with Crippen molar-refractivity contribution in [3.63, 3.8) is 0 Å². The molecule has 1 saturated carbocycles.